The zero-order chi connectivity index (χ0) is 12.1. The Hall–Kier alpha value is -1.35. The average molecular weight is 293 g/mol. The standard InChI is InChI=1S/C14H13BrO2/c15-14-6-2-1-4-11(14)10-12(16)7-8-13-5-3-9-17-13/h1-6,9H,7-8,10H2. The summed E-state index contributed by atoms with van der Waals surface area (Å²) >= 11 is 3.44. The van der Waals surface area contributed by atoms with Gasteiger partial charge in [0.2, 0.25) is 0 Å². The number of rotatable bonds is 5. The Morgan fingerprint density at radius 2 is 2.00 bits per heavy atom. The van der Waals surface area contributed by atoms with Gasteiger partial charge in [-0.2, -0.15) is 0 Å². The van der Waals surface area contributed by atoms with E-state index in [1.165, 1.54) is 0 Å². The summed E-state index contributed by atoms with van der Waals surface area (Å²) < 4.78 is 6.19. The van der Waals surface area contributed by atoms with E-state index in [2.05, 4.69) is 15.9 Å². The van der Waals surface area contributed by atoms with Gasteiger partial charge in [0.1, 0.15) is 11.5 Å². The first-order valence-electron chi connectivity index (χ1n) is 5.53. The first-order valence-corrected chi connectivity index (χ1v) is 6.32. The van der Waals surface area contributed by atoms with E-state index in [4.69, 9.17) is 4.42 Å². The van der Waals surface area contributed by atoms with E-state index in [1.54, 1.807) is 6.26 Å². The molecule has 0 saturated heterocycles. The Labute approximate surface area is 109 Å². The van der Waals surface area contributed by atoms with Crippen LogP contribution in [0.15, 0.2) is 51.6 Å². The molecule has 1 heterocycles. The SMILES string of the molecule is O=C(CCc1ccco1)Cc1ccccc1Br. The van der Waals surface area contributed by atoms with E-state index < -0.39 is 0 Å². The molecule has 17 heavy (non-hydrogen) atoms. The molecule has 0 aliphatic rings. The fourth-order valence-corrected chi connectivity index (χ4v) is 2.08. The van der Waals surface area contributed by atoms with Gasteiger partial charge >= 0.3 is 0 Å². The Bertz CT molecular complexity index is 489. The molecule has 2 rings (SSSR count). The second-order valence-corrected chi connectivity index (χ2v) is 4.74. The second kappa shape index (κ2) is 5.82. The molecule has 0 radical (unpaired) electrons. The molecule has 0 unspecified atom stereocenters. The van der Waals surface area contributed by atoms with E-state index >= 15 is 0 Å². The summed E-state index contributed by atoms with van der Waals surface area (Å²) in [5.74, 6) is 1.10. The molecule has 0 N–H and O–H groups in total. The van der Waals surface area contributed by atoms with Crippen LogP contribution in [-0.2, 0) is 17.6 Å². The van der Waals surface area contributed by atoms with Crippen molar-refractivity contribution in [1.82, 2.24) is 0 Å². The summed E-state index contributed by atoms with van der Waals surface area (Å²) in [4.78, 5) is 11.8. The third kappa shape index (κ3) is 3.56. The van der Waals surface area contributed by atoms with Crippen LogP contribution < -0.4 is 0 Å². The number of Topliss-reactive ketones (excluding diaryl/α,β-unsaturated/α-hetero) is 1. The van der Waals surface area contributed by atoms with Gasteiger partial charge in [0.25, 0.3) is 0 Å². The number of carbonyl (C=O) groups excluding carboxylic acids is 1. The maximum atomic E-state index is 11.8. The molecule has 2 nitrogen and oxygen atoms in total. The summed E-state index contributed by atoms with van der Waals surface area (Å²) in [5, 5.41) is 0. The van der Waals surface area contributed by atoms with Gasteiger partial charge in [-0.1, -0.05) is 34.1 Å². The van der Waals surface area contributed by atoms with Crippen molar-refractivity contribution in [3.8, 4) is 0 Å². The van der Waals surface area contributed by atoms with Crippen molar-refractivity contribution in [2.45, 2.75) is 19.3 Å². The Balaban J connectivity index is 1.87. The summed E-state index contributed by atoms with van der Waals surface area (Å²) in [5.41, 5.74) is 1.04. The van der Waals surface area contributed by atoms with Gasteiger partial charge in [0.05, 0.1) is 6.26 Å². The Morgan fingerprint density at radius 1 is 1.18 bits per heavy atom. The number of hydrogen-bond acceptors (Lipinski definition) is 2. The molecule has 0 spiro atoms. The van der Waals surface area contributed by atoms with Crippen molar-refractivity contribution in [3.05, 3.63) is 58.5 Å². The smallest absolute Gasteiger partial charge is 0.137 e. The van der Waals surface area contributed by atoms with Crippen molar-refractivity contribution in [1.29, 1.82) is 0 Å². The van der Waals surface area contributed by atoms with E-state index in [-0.39, 0.29) is 5.78 Å². The molecule has 3 heteroatoms. The second-order valence-electron chi connectivity index (χ2n) is 3.89. The molecule has 0 aliphatic carbocycles. The van der Waals surface area contributed by atoms with Crippen molar-refractivity contribution < 1.29 is 9.21 Å². The summed E-state index contributed by atoms with van der Waals surface area (Å²) in [7, 11) is 0. The fraction of sp³-hybridized carbons (Fsp3) is 0.214. The minimum Gasteiger partial charge on any atom is -0.469 e. The van der Waals surface area contributed by atoms with Crippen LogP contribution in [0.1, 0.15) is 17.7 Å². The highest BCUT2D eigenvalue weighted by atomic mass is 79.9. The Morgan fingerprint density at radius 3 is 2.71 bits per heavy atom. The number of carbonyl (C=O) groups is 1. The van der Waals surface area contributed by atoms with Crippen LogP contribution in [0.3, 0.4) is 0 Å². The van der Waals surface area contributed by atoms with Gasteiger partial charge in [-0.3, -0.25) is 4.79 Å². The monoisotopic (exact) mass is 292 g/mol. The van der Waals surface area contributed by atoms with E-state index in [0.29, 0.717) is 19.3 Å². The van der Waals surface area contributed by atoms with Crippen LogP contribution in [-0.4, -0.2) is 5.78 Å². The zero-order valence-electron chi connectivity index (χ0n) is 9.36. The van der Waals surface area contributed by atoms with E-state index in [0.717, 1.165) is 15.8 Å². The van der Waals surface area contributed by atoms with Crippen LogP contribution >= 0.6 is 15.9 Å². The van der Waals surface area contributed by atoms with Gasteiger partial charge in [0, 0.05) is 23.7 Å². The quantitative estimate of drug-likeness (QED) is 0.839. The first kappa shape index (κ1) is 12.1. The molecule has 88 valence electrons. The minimum absolute atomic E-state index is 0.230. The van der Waals surface area contributed by atoms with Crippen LogP contribution in [0.25, 0.3) is 0 Å². The zero-order valence-corrected chi connectivity index (χ0v) is 10.9. The van der Waals surface area contributed by atoms with Crippen molar-refractivity contribution in [2.75, 3.05) is 0 Å². The highest BCUT2D eigenvalue weighted by Gasteiger charge is 2.07. The van der Waals surface area contributed by atoms with Crippen molar-refractivity contribution in [3.63, 3.8) is 0 Å². The fourth-order valence-electron chi connectivity index (χ4n) is 1.66. The number of ketones is 1. The van der Waals surface area contributed by atoms with Gasteiger partial charge in [-0.15, -0.1) is 0 Å². The van der Waals surface area contributed by atoms with Gasteiger partial charge in [-0.05, 0) is 23.8 Å². The molecule has 1 aromatic heterocycles. The van der Waals surface area contributed by atoms with Crippen molar-refractivity contribution in [2.24, 2.45) is 0 Å². The largest absolute Gasteiger partial charge is 0.469 e. The summed E-state index contributed by atoms with van der Waals surface area (Å²) in [6.45, 7) is 0. The lowest BCUT2D eigenvalue weighted by Crippen LogP contribution is -2.04. The molecule has 0 atom stereocenters. The topological polar surface area (TPSA) is 30.2 Å². The number of furan rings is 1. The van der Waals surface area contributed by atoms with Gasteiger partial charge in [0.15, 0.2) is 0 Å². The van der Waals surface area contributed by atoms with Crippen LogP contribution in [0.2, 0.25) is 0 Å². The van der Waals surface area contributed by atoms with Crippen LogP contribution in [0, 0.1) is 0 Å². The van der Waals surface area contributed by atoms with Gasteiger partial charge in [-0.25, -0.2) is 0 Å². The normalized spacial score (nSPS) is 10.4. The molecular formula is C14H13BrO2. The number of benzene rings is 1. The molecule has 0 fully saturated rings. The molecular weight excluding hydrogens is 280 g/mol. The third-order valence-corrected chi connectivity index (χ3v) is 3.35. The van der Waals surface area contributed by atoms with E-state index in [9.17, 15) is 4.79 Å². The highest BCUT2D eigenvalue weighted by molar-refractivity contribution is 9.10. The first-order chi connectivity index (χ1) is 8.25. The predicted molar refractivity (Wildman–Crippen MR) is 69.9 cm³/mol. The third-order valence-electron chi connectivity index (χ3n) is 2.58. The number of hydrogen-bond donors (Lipinski definition) is 0. The van der Waals surface area contributed by atoms with Crippen LogP contribution in [0.5, 0.6) is 0 Å². The minimum atomic E-state index is 0.230. The van der Waals surface area contributed by atoms with E-state index in [1.807, 2.05) is 36.4 Å². The maximum Gasteiger partial charge on any atom is 0.137 e. The van der Waals surface area contributed by atoms with Crippen LogP contribution in [0.4, 0.5) is 0 Å². The Kier molecular flexibility index (Phi) is 4.15. The molecule has 0 amide bonds. The molecule has 1 aromatic carbocycles. The molecule has 0 saturated carbocycles. The highest BCUT2D eigenvalue weighted by Crippen LogP contribution is 2.17. The molecule has 2 aromatic rings. The predicted octanol–water partition coefficient (Wildman–Crippen LogP) is 3.79. The molecule has 0 bridgehead atoms. The summed E-state index contributed by atoms with van der Waals surface area (Å²) in [6.07, 6.45) is 3.31. The summed E-state index contributed by atoms with van der Waals surface area (Å²) in [6, 6.07) is 11.5. The molecule has 0 aliphatic heterocycles. The lowest BCUT2D eigenvalue weighted by atomic mass is 10.1. The average Bonchev–Trinajstić information content (AvgIpc) is 2.82. The van der Waals surface area contributed by atoms with Gasteiger partial charge < -0.3 is 4.42 Å². The lowest BCUT2D eigenvalue weighted by Gasteiger charge is -2.02. The maximum absolute atomic E-state index is 11.8. The number of halogens is 1. The lowest BCUT2D eigenvalue weighted by molar-refractivity contribution is -0.118. The van der Waals surface area contributed by atoms with Crippen molar-refractivity contribution >= 4 is 21.7 Å². The number of aryl methyl sites for hydroxylation is 1.